The highest BCUT2D eigenvalue weighted by Crippen LogP contribution is 2.37. The number of ether oxygens (including phenoxy) is 1. The van der Waals surface area contributed by atoms with Gasteiger partial charge in [-0.15, -0.1) is 0 Å². The second-order valence-corrected chi connectivity index (χ2v) is 14.7. The third kappa shape index (κ3) is 5.34. The molecule has 4 bridgehead atoms. The van der Waals surface area contributed by atoms with E-state index >= 15 is 0 Å². The molecule has 6 aliphatic rings. The van der Waals surface area contributed by atoms with Crippen LogP contribution < -0.4 is 15.1 Å². The van der Waals surface area contributed by atoms with Crippen molar-refractivity contribution in [2.45, 2.75) is 63.4 Å². The molecule has 8 heterocycles. The molecule has 4 unspecified atom stereocenters. The van der Waals surface area contributed by atoms with Crippen molar-refractivity contribution in [3.05, 3.63) is 20.0 Å². The average molecular weight is 620 g/mol. The lowest BCUT2D eigenvalue weighted by Crippen LogP contribution is -2.70. The minimum atomic E-state index is -0.430. The number of hydrogen-bond donors (Lipinski definition) is 1. The minimum absolute atomic E-state index is 0.182. The Morgan fingerprint density at radius 2 is 1.45 bits per heavy atom. The maximum atomic E-state index is 12.2. The fourth-order valence-electron chi connectivity index (χ4n) is 4.83. The highest BCUT2D eigenvalue weighted by Gasteiger charge is 2.49. The van der Waals surface area contributed by atoms with Crippen LogP contribution in [0.5, 0.6) is 0 Å². The quantitative estimate of drug-likeness (QED) is 0.528. The largest absolute Gasteiger partial charge is 0.444 e. The first-order chi connectivity index (χ1) is 15.6. The van der Waals surface area contributed by atoms with Gasteiger partial charge in [0.15, 0.2) is 10.3 Å². The molecule has 1 amide bonds. The van der Waals surface area contributed by atoms with Gasteiger partial charge in [-0.3, -0.25) is 4.90 Å². The van der Waals surface area contributed by atoms with Crippen LogP contribution in [0, 0.1) is 0 Å². The molecular formula is C21H28Br2N6O2S2. The maximum absolute atomic E-state index is 12.2. The van der Waals surface area contributed by atoms with Gasteiger partial charge in [0, 0.05) is 38.3 Å². The summed E-state index contributed by atoms with van der Waals surface area (Å²) in [6.07, 6.45) is 5.95. The standard InChI is InChI=1S/C13H18BrN3O2S.C8H10BrN3S/c1-13(2,3)19-12(18)17-8-4-9(17)7-16(6-8)11-15-5-10(14)20-11;9-7-2-10-8(13-7)12-3-5-1-6(4-12)11-5/h5,8-9H,4,6-7H2,1-3H3;2,5-6,11H,1,3-4H2. The van der Waals surface area contributed by atoms with Crippen molar-refractivity contribution in [3.8, 4) is 0 Å². The summed E-state index contributed by atoms with van der Waals surface area (Å²) in [5, 5.41) is 5.69. The van der Waals surface area contributed by atoms with E-state index in [0.717, 1.165) is 50.4 Å². The number of nitrogens with zero attached hydrogens (tertiary/aromatic N) is 5. The first kappa shape index (κ1) is 23.8. The highest BCUT2D eigenvalue weighted by molar-refractivity contribution is 9.11. The van der Waals surface area contributed by atoms with Gasteiger partial charge < -0.3 is 19.9 Å². The fraction of sp³-hybridized carbons (Fsp3) is 0.667. The molecule has 0 radical (unpaired) electrons. The number of thiazole rings is 2. The summed E-state index contributed by atoms with van der Waals surface area (Å²) in [5.74, 6) is 0. The highest BCUT2D eigenvalue weighted by atomic mass is 79.9. The third-order valence-corrected chi connectivity index (χ3v) is 9.27. The zero-order valence-corrected chi connectivity index (χ0v) is 23.6. The van der Waals surface area contributed by atoms with Gasteiger partial charge in [0.1, 0.15) is 5.60 Å². The number of hydrogen-bond acceptors (Lipinski definition) is 9. The SMILES string of the molecule is Brc1cnc(N2CC3CC(C2)N3)s1.CC(C)(C)OC(=O)N1C2CC1CN(c1ncc(Br)s1)C2. The molecular weight excluding hydrogens is 592 g/mol. The number of anilines is 2. The average Bonchev–Trinajstić information content (AvgIpc) is 3.35. The molecule has 1 N–H and O–H groups in total. The molecule has 6 aliphatic heterocycles. The van der Waals surface area contributed by atoms with E-state index in [2.05, 4.69) is 56.9 Å². The lowest BCUT2D eigenvalue weighted by molar-refractivity contribution is -0.0379. The van der Waals surface area contributed by atoms with Gasteiger partial charge in [-0.1, -0.05) is 22.7 Å². The number of aromatic nitrogens is 2. The Morgan fingerprint density at radius 3 is 1.88 bits per heavy atom. The van der Waals surface area contributed by atoms with Crippen LogP contribution in [0.1, 0.15) is 33.6 Å². The molecule has 0 aromatic carbocycles. The van der Waals surface area contributed by atoms with E-state index in [4.69, 9.17) is 4.74 Å². The summed E-state index contributed by atoms with van der Waals surface area (Å²) in [6.45, 7) is 9.64. The van der Waals surface area contributed by atoms with Gasteiger partial charge in [-0.2, -0.15) is 0 Å². The molecule has 0 saturated carbocycles. The summed E-state index contributed by atoms with van der Waals surface area (Å²) in [6, 6.07) is 1.93. The Hall–Kier alpha value is -0.950. The number of carbonyl (C=O) groups excluding carboxylic acids is 1. The van der Waals surface area contributed by atoms with E-state index in [1.807, 2.05) is 38.1 Å². The molecule has 8 nitrogen and oxygen atoms in total. The molecule has 0 aliphatic carbocycles. The van der Waals surface area contributed by atoms with Crippen molar-refractivity contribution in [2.75, 3.05) is 36.0 Å². The molecule has 0 spiro atoms. The first-order valence-electron chi connectivity index (χ1n) is 11.1. The van der Waals surface area contributed by atoms with Crippen LogP contribution >= 0.6 is 54.5 Å². The molecule has 8 rings (SSSR count). The van der Waals surface area contributed by atoms with E-state index in [0.29, 0.717) is 12.1 Å². The van der Waals surface area contributed by atoms with Crippen LogP contribution in [0.2, 0.25) is 0 Å². The normalized spacial score (nSPS) is 27.8. The summed E-state index contributed by atoms with van der Waals surface area (Å²) in [5.41, 5.74) is -0.430. The third-order valence-electron chi connectivity index (χ3n) is 6.19. The number of nitrogens with one attached hydrogen (secondary N) is 1. The number of piperazine rings is 2. The number of fused-ring (bicyclic) bond motifs is 4. The van der Waals surface area contributed by atoms with Gasteiger partial charge in [0.2, 0.25) is 0 Å². The van der Waals surface area contributed by atoms with Crippen molar-refractivity contribution in [2.24, 2.45) is 0 Å². The Morgan fingerprint density at radius 1 is 0.970 bits per heavy atom. The molecule has 4 atom stereocenters. The Kier molecular flexibility index (Phi) is 6.67. The van der Waals surface area contributed by atoms with Crippen molar-refractivity contribution >= 4 is 70.9 Å². The van der Waals surface area contributed by atoms with Gasteiger partial charge in [-0.05, 0) is 65.5 Å². The predicted molar refractivity (Wildman–Crippen MR) is 140 cm³/mol. The maximum Gasteiger partial charge on any atom is 0.410 e. The molecule has 2 aromatic rings. The van der Waals surface area contributed by atoms with E-state index in [1.165, 1.54) is 6.42 Å². The number of amides is 1. The number of halogens is 2. The predicted octanol–water partition coefficient (Wildman–Crippen LogP) is 4.56. The van der Waals surface area contributed by atoms with Crippen LogP contribution in [0.25, 0.3) is 0 Å². The topological polar surface area (TPSA) is 73.8 Å². The van der Waals surface area contributed by atoms with Gasteiger partial charge in [0.05, 0.1) is 32.1 Å². The van der Waals surface area contributed by atoms with Gasteiger partial charge >= 0.3 is 6.09 Å². The van der Waals surface area contributed by atoms with E-state index in [1.54, 1.807) is 22.7 Å². The number of piperidine rings is 2. The summed E-state index contributed by atoms with van der Waals surface area (Å²) < 4.78 is 7.63. The van der Waals surface area contributed by atoms with Crippen LogP contribution in [-0.2, 0) is 4.74 Å². The molecule has 12 heteroatoms. The fourth-order valence-corrected chi connectivity index (χ4v) is 7.23. The second-order valence-electron chi connectivity index (χ2n) is 9.93. The van der Waals surface area contributed by atoms with Crippen LogP contribution in [0.4, 0.5) is 15.1 Å². The van der Waals surface area contributed by atoms with E-state index in [-0.39, 0.29) is 18.2 Å². The van der Waals surface area contributed by atoms with Crippen LogP contribution in [-0.4, -0.2) is 76.9 Å². The van der Waals surface area contributed by atoms with Crippen LogP contribution in [0.15, 0.2) is 20.0 Å². The van der Waals surface area contributed by atoms with Crippen molar-refractivity contribution in [3.63, 3.8) is 0 Å². The zero-order valence-electron chi connectivity index (χ0n) is 18.8. The van der Waals surface area contributed by atoms with Crippen molar-refractivity contribution < 1.29 is 9.53 Å². The summed E-state index contributed by atoms with van der Waals surface area (Å²) in [7, 11) is 0. The monoisotopic (exact) mass is 618 g/mol. The zero-order chi connectivity index (χ0) is 23.3. The Labute approximate surface area is 219 Å². The van der Waals surface area contributed by atoms with Crippen LogP contribution in [0.3, 0.4) is 0 Å². The van der Waals surface area contributed by atoms with Gasteiger partial charge in [-0.25, -0.2) is 14.8 Å². The lowest BCUT2D eigenvalue weighted by atomic mass is 9.88. The smallest absolute Gasteiger partial charge is 0.410 e. The van der Waals surface area contributed by atoms with Crippen molar-refractivity contribution in [1.29, 1.82) is 0 Å². The van der Waals surface area contributed by atoms with Gasteiger partial charge in [0.25, 0.3) is 0 Å². The molecule has 6 fully saturated rings. The van der Waals surface area contributed by atoms with Crippen molar-refractivity contribution in [1.82, 2.24) is 20.2 Å². The summed E-state index contributed by atoms with van der Waals surface area (Å²) in [4.78, 5) is 27.4. The Balaban J connectivity index is 0.000000151. The van der Waals surface area contributed by atoms with E-state index < -0.39 is 5.60 Å². The van der Waals surface area contributed by atoms with E-state index in [9.17, 15) is 4.79 Å². The molecule has 2 aromatic heterocycles. The molecule has 180 valence electrons. The molecule has 33 heavy (non-hydrogen) atoms. The lowest BCUT2D eigenvalue weighted by Gasteiger charge is -2.55. The second kappa shape index (κ2) is 9.25. The minimum Gasteiger partial charge on any atom is -0.444 e. The summed E-state index contributed by atoms with van der Waals surface area (Å²) >= 11 is 10.2. The Bertz CT molecular complexity index is 983. The molecule has 6 saturated heterocycles. The first-order valence-corrected chi connectivity index (χ1v) is 14.4. The number of rotatable bonds is 2. The number of carbonyl (C=O) groups is 1.